The molecule has 1 aliphatic heterocycles. The third kappa shape index (κ3) is 3.79. The summed E-state index contributed by atoms with van der Waals surface area (Å²) in [6, 6.07) is 10.4. The Balaban J connectivity index is 1.56. The van der Waals surface area contributed by atoms with Crippen LogP contribution >= 0.6 is 0 Å². The summed E-state index contributed by atoms with van der Waals surface area (Å²) < 4.78 is 20.3. The molecule has 0 aliphatic carbocycles. The lowest BCUT2D eigenvalue weighted by molar-refractivity contribution is 0.122. The zero-order valence-corrected chi connectivity index (χ0v) is 17.6. The first-order valence-corrected chi connectivity index (χ1v) is 10.4. The molecule has 162 valence electrons. The Kier molecular flexibility index (Phi) is 5.46. The summed E-state index contributed by atoms with van der Waals surface area (Å²) >= 11 is 0. The van der Waals surface area contributed by atoms with Crippen LogP contribution in [0.4, 0.5) is 10.1 Å². The maximum atomic E-state index is 14.9. The number of nitrogens with zero attached hydrogens (tertiary/aromatic N) is 5. The molecule has 1 saturated heterocycles. The van der Waals surface area contributed by atoms with Crippen molar-refractivity contribution in [2.24, 2.45) is 0 Å². The zero-order valence-electron chi connectivity index (χ0n) is 17.6. The summed E-state index contributed by atoms with van der Waals surface area (Å²) in [5, 5.41) is 11.6. The van der Waals surface area contributed by atoms with E-state index >= 15 is 0 Å². The maximum absolute atomic E-state index is 14.9. The molecule has 5 rings (SSSR count). The summed E-state index contributed by atoms with van der Waals surface area (Å²) in [4.78, 5) is 19.4. The third-order valence-corrected chi connectivity index (χ3v) is 5.74. The van der Waals surface area contributed by atoms with Crippen LogP contribution in [0.2, 0.25) is 0 Å². The van der Waals surface area contributed by atoms with Crippen LogP contribution in [-0.4, -0.2) is 51.3 Å². The lowest BCUT2D eigenvalue weighted by Gasteiger charge is -2.29. The maximum Gasteiger partial charge on any atom is 0.132 e. The SMILES string of the molecule is Cc1nccnc1[C@H](O)c1ccc(F)c(-c2ncnc3cc(N4CCOCC4)ccc23)c1. The van der Waals surface area contributed by atoms with Crippen molar-refractivity contribution in [3.05, 3.63) is 77.9 Å². The van der Waals surface area contributed by atoms with Gasteiger partial charge in [-0.25, -0.2) is 14.4 Å². The number of hydrogen-bond donors (Lipinski definition) is 1. The number of hydrogen-bond acceptors (Lipinski definition) is 7. The van der Waals surface area contributed by atoms with Crippen LogP contribution in [-0.2, 0) is 4.74 Å². The number of benzene rings is 2. The Morgan fingerprint density at radius 3 is 2.62 bits per heavy atom. The van der Waals surface area contributed by atoms with Gasteiger partial charge in [0, 0.05) is 42.1 Å². The molecule has 7 nitrogen and oxygen atoms in total. The molecule has 0 saturated carbocycles. The van der Waals surface area contributed by atoms with E-state index in [1.807, 2.05) is 18.2 Å². The largest absolute Gasteiger partial charge is 0.382 e. The highest BCUT2D eigenvalue weighted by atomic mass is 19.1. The van der Waals surface area contributed by atoms with Crippen molar-refractivity contribution in [3.63, 3.8) is 0 Å². The molecule has 1 fully saturated rings. The molecule has 32 heavy (non-hydrogen) atoms. The highest BCUT2D eigenvalue weighted by molar-refractivity contribution is 5.94. The fourth-order valence-electron chi connectivity index (χ4n) is 4.02. The van der Waals surface area contributed by atoms with Gasteiger partial charge >= 0.3 is 0 Å². The summed E-state index contributed by atoms with van der Waals surface area (Å²) in [5.74, 6) is -0.422. The molecule has 0 amide bonds. The first-order chi connectivity index (χ1) is 15.6. The third-order valence-electron chi connectivity index (χ3n) is 5.74. The number of morpholine rings is 1. The van der Waals surface area contributed by atoms with Crippen molar-refractivity contribution in [2.45, 2.75) is 13.0 Å². The van der Waals surface area contributed by atoms with Gasteiger partial charge < -0.3 is 14.7 Å². The summed E-state index contributed by atoms with van der Waals surface area (Å²) in [6.45, 7) is 4.80. The second-order valence-corrected chi connectivity index (χ2v) is 7.69. The van der Waals surface area contributed by atoms with Gasteiger partial charge in [-0.15, -0.1) is 0 Å². The van der Waals surface area contributed by atoms with Gasteiger partial charge in [0.2, 0.25) is 0 Å². The molecule has 1 atom stereocenters. The number of anilines is 1. The van der Waals surface area contributed by atoms with Gasteiger partial charge in [-0.05, 0) is 42.8 Å². The number of aliphatic hydroxyl groups excluding tert-OH is 1. The Hall–Kier alpha value is -3.49. The zero-order chi connectivity index (χ0) is 22.1. The monoisotopic (exact) mass is 431 g/mol. The summed E-state index contributed by atoms with van der Waals surface area (Å²) in [6.07, 6.45) is 3.51. The fourth-order valence-corrected chi connectivity index (χ4v) is 4.02. The number of rotatable bonds is 4. The highest BCUT2D eigenvalue weighted by Gasteiger charge is 2.19. The average molecular weight is 431 g/mol. The van der Waals surface area contributed by atoms with Crippen LogP contribution < -0.4 is 4.90 Å². The Morgan fingerprint density at radius 2 is 1.81 bits per heavy atom. The molecule has 1 aliphatic rings. The normalized spacial score (nSPS) is 15.2. The lowest BCUT2D eigenvalue weighted by atomic mass is 9.98. The molecule has 1 N–H and O–H groups in total. The Bertz CT molecular complexity index is 1280. The molecule has 2 aromatic carbocycles. The van der Waals surface area contributed by atoms with Crippen molar-refractivity contribution < 1.29 is 14.2 Å². The number of aromatic nitrogens is 4. The number of fused-ring (bicyclic) bond motifs is 1. The van der Waals surface area contributed by atoms with E-state index in [-0.39, 0.29) is 0 Å². The molecule has 0 unspecified atom stereocenters. The van der Waals surface area contributed by atoms with E-state index in [4.69, 9.17) is 4.74 Å². The van der Waals surface area contributed by atoms with Crippen molar-refractivity contribution in [1.29, 1.82) is 0 Å². The summed E-state index contributed by atoms with van der Waals surface area (Å²) in [7, 11) is 0. The average Bonchev–Trinajstić information content (AvgIpc) is 2.84. The van der Waals surface area contributed by atoms with Gasteiger partial charge in [0.25, 0.3) is 0 Å². The second-order valence-electron chi connectivity index (χ2n) is 7.69. The minimum absolute atomic E-state index is 0.301. The molecule has 2 aromatic heterocycles. The molecular formula is C24H22FN5O2. The predicted molar refractivity (Wildman–Crippen MR) is 119 cm³/mol. The van der Waals surface area contributed by atoms with Gasteiger partial charge in [-0.3, -0.25) is 9.97 Å². The molecule has 0 spiro atoms. The Labute approximate surface area is 184 Å². The van der Waals surface area contributed by atoms with Gasteiger partial charge in [-0.2, -0.15) is 0 Å². The topological polar surface area (TPSA) is 84.3 Å². The number of ether oxygens (including phenoxy) is 1. The number of aryl methyl sites for hydroxylation is 1. The highest BCUT2D eigenvalue weighted by Crippen LogP contribution is 2.33. The van der Waals surface area contributed by atoms with Crippen molar-refractivity contribution in [3.8, 4) is 11.3 Å². The van der Waals surface area contributed by atoms with Crippen LogP contribution in [0.3, 0.4) is 0 Å². The first-order valence-electron chi connectivity index (χ1n) is 10.4. The smallest absolute Gasteiger partial charge is 0.132 e. The molecular weight excluding hydrogens is 409 g/mol. The molecule has 0 radical (unpaired) electrons. The minimum atomic E-state index is -1.02. The number of halogens is 1. The van der Waals surface area contributed by atoms with E-state index in [1.54, 1.807) is 25.3 Å². The predicted octanol–water partition coefficient (Wildman–Crippen LogP) is 3.45. The van der Waals surface area contributed by atoms with Crippen molar-refractivity contribution >= 4 is 16.6 Å². The van der Waals surface area contributed by atoms with Crippen LogP contribution in [0.5, 0.6) is 0 Å². The molecule has 0 bridgehead atoms. The Morgan fingerprint density at radius 1 is 1.00 bits per heavy atom. The van der Waals surface area contributed by atoms with Crippen LogP contribution in [0.1, 0.15) is 23.1 Å². The van der Waals surface area contributed by atoms with Gasteiger partial charge in [0.1, 0.15) is 18.2 Å². The molecule has 4 aromatic rings. The van der Waals surface area contributed by atoms with Crippen molar-refractivity contribution in [2.75, 3.05) is 31.2 Å². The van der Waals surface area contributed by atoms with E-state index in [0.717, 1.165) is 29.7 Å². The van der Waals surface area contributed by atoms with Crippen LogP contribution in [0.25, 0.3) is 22.2 Å². The minimum Gasteiger partial charge on any atom is -0.382 e. The van der Waals surface area contributed by atoms with E-state index < -0.39 is 11.9 Å². The fraction of sp³-hybridized carbons (Fsp3) is 0.250. The number of aliphatic hydroxyl groups is 1. The van der Waals surface area contributed by atoms with Gasteiger partial charge in [0.05, 0.1) is 35.8 Å². The van der Waals surface area contributed by atoms with E-state index in [9.17, 15) is 9.50 Å². The standard InChI is InChI=1S/C24H22FN5O2/c1-15-22(27-7-6-26-15)24(31)16-2-5-20(25)19(12-16)23-18-4-3-17(13-21(18)28-14-29-23)30-8-10-32-11-9-30/h2-7,12-14,24,31H,8-11H2,1H3/t24-/m1/s1. The van der Waals surface area contributed by atoms with E-state index in [2.05, 4.69) is 24.8 Å². The van der Waals surface area contributed by atoms with Gasteiger partial charge in [0.15, 0.2) is 0 Å². The summed E-state index contributed by atoms with van der Waals surface area (Å²) in [5.41, 5.74) is 4.13. The van der Waals surface area contributed by atoms with Crippen molar-refractivity contribution in [1.82, 2.24) is 19.9 Å². The molecule has 3 heterocycles. The van der Waals surface area contributed by atoms with E-state index in [1.165, 1.54) is 18.6 Å². The van der Waals surface area contributed by atoms with Gasteiger partial charge in [-0.1, -0.05) is 6.07 Å². The second kappa shape index (κ2) is 8.57. The quantitative estimate of drug-likeness (QED) is 0.530. The van der Waals surface area contributed by atoms with E-state index in [0.29, 0.717) is 41.4 Å². The lowest BCUT2D eigenvalue weighted by Crippen LogP contribution is -2.36. The molecule has 8 heteroatoms. The van der Waals surface area contributed by atoms with Crippen LogP contribution in [0.15, 0.2) is 55.1 Å². The van der Waals surface area contributed by atoms with Crippen LogP contribution in [0, 0.1) is 12.7 Å². The first kappa shape index (κ1) is 20.4.